The molecule has 0 aromatic heterocycles. The molecule has 1 aliphatic rings. The molecule has 0 aliphatic carbocycles. The number of carbonyl (C=O) groups is 1. The number of likely N-dealkylation sites (N-methyl/N-ethyl adjacent to an activating group) is 1. The third-order valence-corrected chi connectivity index (χ3v) is 8.57. The van der Waals surface area contributed by atoms with Crippen LogP contribution in [0.2, 0.25) is 10.0 Å². The molecule has 0 unspecified atom stereocenters. The number of likely N-dealkylation sites (tertiary alicyclic amines) is 1. The standard InChI is InChI=1S/C29H41Cl2N3O4.HI/c1-7-34(12-10-20(11-13-34)14-21-8-9-23(30)24(31)15-21)18-25(19(2)3)33-29(35)32-22-16-26(36-4)28(38-6)27(17-22)37-5;/h8-9,15-17,19-20,25H,7,10-14,18H2,1-6H3,(H-,32,33,35);1H/t20?,25-,34?;/m0./s1. The van der Waals surface area contributed by atoms with Gasteiger partial charge in [0.15, 0.2) is 11.5 Å². The number of urea groups is 1. The zero-order valence-corrected chi connectivity index (χ0v) is 27.5. The minimum absolute atomic E-state index is 0. The van der Waals surface area contributed by atoms with Crippen molar-refractivity contribution in [2.24, 2.45) is 11.8 Å². The van der Waals surface area contributed by atoms with Crippen LogP contribution in [0.5, 0.6) is 17.2 Å². The van der Waals surface area contributed by atoms with Gasteiger partial charge in [-0.05, 0) is 55.7 Å². The number of nitrogens with zero attached hydrogens (tertiary/aromatic N) is 1. The summed E-state index contributed by atoms with van der Waals surface area (Å²) in [5, 5.41) is 7.40. The molecule has 2 amide bonds. The molecule has 39 heavy (non-hydrogen) atoms. The number of halogens is 3. The van der Waals surface area contributed by atoms with Crippen LogP contribution in [0, 0.1) is 11.8 Å². The lowest BCUT2D eigenvalue weighted by atomic mass is 9.88. The predicted octanol–water partition coefficient (Wildman–Crippen LogP) is 3.66. The van der Waals surface area contributed by atoms with Crippen molar-refractivity contribution >= 4 is 34.9 Å². The Balaban J connectivity index is 0.00000533. The number of methoxy groups -OCH3 is 3. The molecule has 1 aliphatic heterocycles. The zero-order valence-electron chi connectivity index (χ0n) is 23.8. The fourth-order valence-electron chi connectivity index (χ4n) is 5.33. The van der Waals surface area contributed by atoms with Gasteiger partial charge in [0.1, 0.15) is 0 Å². The highest BCUT2D eigenvalue weighted by atomic mass is 127. The van der Waals surface area contributed by atoms with Crippen molar-refractivity contribution in [2.75, 3.05) is 52.8 Å². The third-order valence-electron chi connectivity index (χ3n) is 7.83. The number of amides is 2. The van der Waals surface area contributed by atoms with Crippen molar-refractivity contribution in [3.05, 3.63) is 45.9 Å². The number of carbonyl (C=O) groups excluding carboxylic acids is 1. The highest BCUT2D eigenvalue weighted by Gasteiger charge is 2.36. The molecule has 2 aromatic carbocycles. The van der Waals surface area contributed by atoms with Crippen LogP contribution < -0.4 is 48.8 Å². The second-order valence-corrected chi connectivity index (χ2v) is 11.4. The molecule has 1 atom stereocenters. The summed E-state index contributed by atoms with van der Waals surface area (Å²) >= 11 is 12.3. The number of rotatable bonds is 11. The second-order valence-electron chi connectivity index (χ2n) is 10.5. The molecule has 0 saturated carbocycles. The number of ether oxygens (including phenoxy) is 3. The number of quaternary nitrogens is 1. The van der Waals surface area contributed by atoms with Crippen LogP contribution in [0.3, 0.4) is 0 Å². The van der Waals surface area contributed by atoms with Gasteiger partial charge in [-0.2, -0.15) is 0 Å². The van der Waals surface area contributed by atoms with Gasteiger partial charge in [-0.1, -0.05) is 43.1 Å². The fourth-order valence-corrected chi connectivity index (χ4v) is 5.65. The van der Waals surface area contributed by atoms with Crippen LogP contribution in [-0.4, -0.2) is 64.1 Å². The van der Waals surface area contributed by atoms with Crippen LogP contribution in [0.15, 0.2) is 30.3 Å². The van der Waals surface area contributed by atoms with Crippen LogP contribution in [-0.2, 0) is 6.42 Å². The molecule has 0 bridgehead atoms. The van der Waals surface area contributed by atoms with Crippen LogP contribution in [0.25, 0.3) is 0 Å². The van der Waals surface area contributed by atoms with Crippen molar-refractivity contribution in [3.8, 4) is 17.2 Å². The molecule has 7 nitrogen and oxygen atoms in total. The monoisotopic (exact) mass is 693 g/mol. The summed E-state index contributed by atoms with van der Waals surface area (Å²) in [5.41, 5.74) is 1.81. The van der Waals surface area contributed by atoms with Gasteiger partial charge in [0.05, 0.1) is 69.3 Å². The molecule has 10 heteroatoms. The Labute approximate surface area is 260 Å². The Morgan fingerprint density at radius 3 is 2.10 bits per heavy atom. The van der Waals surface area contributed by atoms with Gasteiger partial charge in [0, 0.05) is 12.1 Å². The smallest absolute Gasteiger partial charge is 0.319 e. The number of hydrogen-bond donors (Lipinski definition) is 2. The molecule has 1 fully saturated rings. The van der Waals surface area contributed by atoms with E-state index < -0.39 is 0 Å². The van der Waals surface area contributed by atoms with E-state index in [9.17, 15) is 4.79 Å². The minimum Gasteiger partial charge on any atom is -1.00 e. The van der Waals surface area contributed by atoms with Crippen molar-refractivity contribution in [2.45, 2.75) is 46.1 Å². The molecular formula is C29H42Cl2IN3O4. The van der Waals surface area contributed by atoms with E-state index in [-0.39, 0.29) is 42.0 Å². The summed E-state index contributed by atoms with van der Waals surface area (Å²) in [5.74, 6) is 2.37. The maximum Gasteiger partial charge on any atom is 0.319 e. The summed E-state index contributed by atoms with van der Waals surface area (Å²) in [4.78, 5) is 13.1. The summed E-state index contributed by atoms with van der Waals surface area (Å²) < 4.78 is 17.2. The van der Waals surface area contributed by atoms with Gasteiger partial charge in [-0.15, -0.1) is 0 Å². The van der Waals surface area contributed by atoms with E-state index in [0.29, 0.717) is 38.9 Å². The Morgan fingerprint density at radius 1 is 1.00 bits per heavy atom. The van der Waals surface area contributed by atoms with E-state index in [0.717, 1.165) is 49.9 Å². The Bertz CT molecular complexity index is 1070. The van der Waals surface area contributed by atoms with Gasteiger partial charge >= 0.3 is 6.03 Å². The number of hydrogen-bond acceptors (Lipinski definition) is 4. The molecular weight excluding hydrogens is 652 g/mol. The molecule has 218 valence electrons. The van der Waals surface area contributed by atoms with Crippen LogP contribution in [0.4, 0.5) is 10.5 Å². The summed E-state index contributed by atoms with van der Waals surface area (Å²) in [6, 6.07) is 9.19. The van der Waals surface area contributed by atoms with E-state index in [1.165, 1.54) is 5.56 Å². The summed E-state index contributed by atoms with van der Waals surface area (Å²) in [6.07, 6.45) is 3.32. The van der Waals surface area contributed by atoms with Gasteiger partial charge in [0.25, 0.3) is 0 Å². The van der Waals surface area contributed by atoms with E-state index in [1.807, 2.05) is 12.1 Å². The fraction of sp³-hybridized carbons (Fsp3) is 0.552. The van der Waals surface area contributed by atoms with Gasteiger partial charge in [-0.3, -0.25) is 0 Å². The lowest BCUT2D eigenvalue weighted by Crippen LogP contribution is -3.00. The van der Waals surface area contributed by atoms with Crippen molar-refractivity contribution in [3.63, 3.8) is 0 Å². The van der Waals surface area contributed by atoms with Crippen molar-refractivity contribution in [1.82, 2.24) is 5.32 Å². The summed E-state index contributed by atoms with van der Waals surface area (Å²) in [7, 11) is 4.66. The van der Waals surface area contributed by atoms with E-state index >= 15 is 0 Å². The summed E-state index contributed by atoms with van der Waals surface area (Å²) in [6.45, 7) is 10.7. The van der Waals surface area contributed by atoms with Gasteiger partial charge in [-0.25, -0.2) is 4.79 Å². The normalized spacial score (nSPS) is 19.6. The highest BCUT2D eigenvalue weighted by molar-refractivity contribution is 6.42. The number of piperidine rings is 1. The number of benzene rings is 2. The molecule has 2 aromatic rings. The quantitative estimate of drug-likeness (QED) is 0.279. The zero-order chi connectivity index (χ0) is 27.9. The van der Waals surface area contributed by atoms with E-state index in [1.54, 1.807) is 33.5 Å². The van der Waals surface area contributed by atoms with Crippen LogP contribution >= 0.6 is 23.2 Å². The second kappa shape index (κ2) is 15.4. The average Bonchev–Trinajstić information content (AvgIpc) is 2.90. The first-order chi connectivity index (χ1) is 18.1. The third kappa shape index (κ3) is 8.93. The van der Waals surface area contributed by atoms with Gasteiger partial charge < -0.3 is 53.3 Å². The molecule has 2 N–H and O–H groups in total. The highest BCUT2D eigenvalue weighted by Crippen LogP contribution is 2.40. The molecule has 1 heterocycles. The number of nitrogens with one attached hydrogen (secondary N) is 2. The number of anilines is 1. The topological polar surface area (TPSA) is 68.8 Å². The Hall–Kier alpha value is -1.62. The SMILES string of the molecule is CC[N+]1(C[C@H](NC(=O)Nc2cc(OC)c(OC)c(OC)c2)C(C)C)CCC(Cc2ccc(Cl)c(Cl)c2)CC1.[I-]. The van der Waals surface area contributed by atoms with Gasteiger partial charge in [0.2, 0.25) is 5.75 Å². The van der Waals surface area contributed by atoms with Crippen molar-refractivity contribution in [1.29, 1.82) is 0 Å². The first-order valence-electron chi connectivity index (χ1n) is 13.3. The largest absolute Gasteiger partial charge is 1.00 e. The molecule has 0 radical (unpaired) electrons. The average molecular weight is 694 g/mol. The molecule has 1 saturated heterocycles. The maximum absolute atomic E-state index is 13.1. The van der Waals surface area contributed by atoms with E-state index in [2.05, 4.69) is 37.5 Å². The Morgan fingerprint density at radius 2 is 1.62 bits per heavy atom. The maximum atomic E-state index is 13.1. The first kappa shape index (κ1) is 33.6. The van der Waals surface area contributed by atoms with E-state index in [4.69, 9.17) is 37.4 Å². The first-order valence-corrected chi connectivity index (χ1v) is 14.1. The minimum atomic E-state index is -0.248. The molecule has 0 spiro atoms. The van der Waals surface area contributed by atoms with Crippen LogP contribution in [0.1, 0.15) is 39.2 Å². The van der Waals surface area contributed by atoms with Crippen molar-refractivity contribution < 1.29 is 47.5 Å². The Kier molecular flexibility index (Phi) is 13.3. The molecule has 3 rings (SSSR count). The lowest BCUT2D eigenvalue weighted by molar-refractivity contribution is -0.933. The lowest BCUT2D eigenvalue weighted by Gasteiger charge is -2.45. The predicted molar refractivity (Wildman–Crippen MR) is 155 cm³/mol.